The van der Waals surface area contributed by atoms with Crippen molar-refractivity contribution >= 4 is 5.91 Å². The molecule has 0 spiro atoms. The van der Waals surface area contributed by atoms with Gasteiger partial charge in [0.15, 0.2) is 0 Å². The Labute approximate surface area is 148 Å². The molecule has 2 aromatic rings. The van der Waals surface area contributed by atoms with Crippen LogP contribution in [0.25, 0.3) is 0 Å². The van der Waals surface area contributed by atoms with Crippen LogP contribution in [0.4, 0.5) is 0 Å². The summed E-state index contributed by atoms with van der Waals surface area (Å²) < 4.78 is 13.6. The Morgan fingerprint density at radius 2 is 2.08 bits per heavy atom. The van der Waals surface area contributed by atoms with E-state index >= 15 is 0 Å². The van der Waals surface area contributed by atoms with Crippen LogP contribution < -0.4 is 0 Å². The van der Waals surface area contributed by atoms with Crippen molar-refractivity contribution in [2.45, 2.75) is 25.0 Å². The smallest absolute Gasteiger partial charge is 0.226 e. The highest BCUT2D eigenvalue weighted by Crippen LogP contribution is 2.32. The average molecular weight is 340 g/mol. The summed E-state index contributed by atoms with van der Waals surface area (Å²) in [4.78, 5) is 15.0. The molecule has 0 N–H and O–H groups in total. The fourth-order valence-corrected chi connectivity index (χ4v) is 3.89. The van der Waals surface area contributed by atoms with E-state index < -0.39 is 0 Å². The first-order chi connectivity index (χ1) is 12.2. The summed E-state index contributed by atoms with van der Waals surface area (Å²) in [5, 5.41) is 0. The van der Waals surface area contributed by atoms with Crippen LogP contribution >= 0.6 is 0 Å². The van der Waals surface area contributed by atoms with Crippen molar-refractivity contribution in [2.24, 2.45) is 7.05 Å². The number of hydrogen-bond acceptors (Lipinski definition) is 3. The van der Waals surface area contributed by atoms with Crippen LogP contribution in [0, 0.1) is 0 Å². The van der Waals surface area contributed by atoms with Gasteiger partial charge < -0.3 is 18.9 Å². The van der Waals surface area contributed by atoms with E-state index in [4.69, 9.17) is 9.47 Å². The predicted octanol–water partition coefficient (Wildman–Crippen LogP) is 2.63. The van der Waals surface area contributed by atoms with Crippen molar-refractivity contribution in [3.8, 4) is 0 Å². The number of ether oxygens (including phenoxy) is 2. The summed E-state index contributed by atoms with van der Waals surface area (Å²) in [6.07, 6.45) is 3.17. The number of fused-ring (bicyclic) bond motifs is 1. The van der Waals surface area contributed by atoms with E-state index in [0.29, 0.717) is 32.8 Å². The second kappa shape index (κ2) is 7.02. The summed E-state index contributed by atoms with van der Waals surface area (Å²) in [5.74, 6) is 0.135. The Morgan fingerprint density at radius 3 is 2.92 bits per heavy atom. The Kier molecular flexibility index (Phi) is 4.59. The van der Waals surface area contributed by atoms with E-state index in [9.17, 15) is 4.79 Å². The van der Waals surface area contributed by atoms with Gasteiger partial charge in [-0.2, -0.15) is 0 Å². The Balaban J connectivity index is 1.53. The SMILES string of the molecule is Cn1cccc1C1COCCN1C(=O)CC1OCCc2ccccc21. The number of nitrogens with zero attached hydrogens (tertiary/aromatic N) is 2. The van der Waals surface area contributed by atoms with Gasteiger partial charge in [0.2, 0.25) is 5.91 Å². The maximum atomic E-state index is 13.1. The van der Waals surface area contributed by atoms with E-state index in [2.05, 4.69) is 28.8 Å². The minimum Gasteiger partial charge on any atom is -0.377 e. The highest BCUT2D eigenvalue weighted by molar-refractivity contribution is 5.77. The van der Waals surface area contributed by atoms with Gasteiger partial charge in [-0.25, -0.2) is 0 Å². The lowest BCUT2D eigenvalue weighted by atomic mass is 9.95. The summed E-state index contributed by atoms with van der Waals surface area (Å²) in [5.41, 5.74) is 3.57. The topological polar surface area (TPSA) is 43.7 Å². The van der Waals surface area contributed by atoms with Crippen LogP contribution in [0.5, 0.6) is 0 Å². The van der Waals surface area contributed by atoms with Crippen LogP contribution in [-0.4, -0.2) is 41.7 Å². The molecule has 1 fully saturated rings. The van der Waals surface area contributed by atoms with Gasteiger partial charge in [-0.05, 0) is 29.7 Å². The first-order valence-corrected chi connectivity index (χ1v) is 8.92. The molecule has 0 saturated carbocycles. The zero-order valence-electron chi connectivity index (χ0n) is 14.6. The Morgan fingerprint density at radius 1 is 1.20 bits per heavy atom. The second-order valence-corrected chi connectivity index (χ2v) is 6.73. The summed E-state index contributed by atoms with van der Waals surface area (Å²) >= 11 is 0. The number of aryl methyl sites for hydroxylation is 1. The molecule has 5 nitrogen and oxygen atoms in total. The molecule has 1 saturated heterocycles. The predicted molar refractivity (Wildman–Crippen MR) is 94.1 cm³/mol. The molecule has 5 heteroatoms. The van der Waals surface area contributed by atoms with Crippen molar-refractivity contribution < 1.29 is 14.3 Å². The van der Waals surface area contributed by atoms with Crippen molar-refractivity contribution in [1.82, 2.24) is 9.47 Å². The summed E-state index contributed by atoms with van der Waals surface area (Å²) in [7, 11) is 2.01. The van der Waals surface area contributed by atoms with Crippen LogP contribution in [0.3, 0.4) is 0 Å². The van der Waals surface area contributed by atoms with Crippen molar-refractivity contribution in [3.05, 3.63) is 59.4 Å². The number of carbonyl (C=O) groups is 1. The van der Waals surface area contributed by atoms with Gasteiger partial charge in [0.1, 0.15) is 0 Å². The highest BCUT2D eigenvalue weighted by Gasteiger charge is 2.32. The number of carbonyl (C=O) groups excluding carboxylic acids is 1. The van der Waals surface area contributed by atoms with Crippen LogP contribution in [-0.2, 0) is 27.7 Å². The number of morpholine rings is 1. The van der Waals surface area contributed by atoms with Gasteiger partial charge >= 0.3 is 0 Å². The van der Waals surface area contributed by atoms with Gasteiger partial charge in [0, 0.05) is 25.5 Å². The lowest BCUT2D eigenvalue weighted by Crippen LogP contribution is -2.44. The van der Waals surface area contributed by atoms with E-state index in [-0.39, 0.29) is 18.1 Å². The molecule has 1 aromatic carbocycles. The van der Waals surface area contributed by atoms with E-state index in [0.717, 1.165) is 17.7 Å². The van der Waals surface area contributed by atoms with E-state index in [1.807, 2.05) is 30.3 Å². The molecule has 132 valence electrons. The van der Waals surface area contributed by atoms with Crippen LogP contribution in [0.15, 0.2) is 42.6 Å². The molecule has 2 unspecified atom stereocenters. The minimum absolute atomic E-state index is 0.0277. The van der Waals surface area contributed by atoms with Crippen LogP contribution in [0.2, 0.25) is 0 Å². The Hall–Kier alpha value is -2.11. The first kappa shape index (κ1) is 16.4. The van der Waals surface area contributed by atoms with Gasteiger partial charge in [-0.1, -0.05) is 24.3 Å². The average Bonchev–Trinajstić information content (AvgIpc) is 3.08. The molecule has 1 amide bonds. The largest absolute Gasteiger partial charge is 0.377 e. The molecular weight excluding hydrogens is 316 g/mol. The van der Waals surface area contributed by atoms with E-state index in [1.165, 1.54) is 5.56 Å². The van der Waals surface area contributed by atoms with Gasteiger partial charge in [0.05, 0.1) is 38.4 Å². The van der Waals surface area contributed by atoms with Crippen LogP contribution in [0.1, 0.15) is 35.4 Å². The van der Waals surface area contributed by atoms with Crippen molar-refractivity contribution in [2.75, 3.05) is 26.4 Å². The normalized spacial score (nSPS) is 23.3. The molecule has 3 heterocycles. The molecule has 2 aliphatic rings. The number of rotatable bonds is 3. The van der Waals surface area contributed by atoms with Gasteiger partial charge in [-0.15, -0.1) is 0 Å². The molecule has 25 heavy (non-hydrogen) atoms. The number of benzene rings is 1. The third kappa shape index (κ3) is 3.22. The van der Waals surface area contributed by atoms with Crippen molar-refractivity contribution in [1.29, 1.82) is 0 Å². The molecule has 2 atom stereocenters. The molecule has 1 aromatic heterocycles. The zero-order valence-corrected chi connectivity index (χ0v) is 14.6. The molecule has 4 rings (SSSR count). The minimum atomic E-state index is -0.144. The number of aromatic nitrogens is 1. The number of hydrogen-bond donors (Lipinski definition) is 0. The standard InChI is InChI=1S/C20H24N2O3/c1-21-9-4-7-17(21)18-14-24-12-10-22(18)20(23)13-19-16-6-3-2-5-15(16)8-11-25-19/h2-7,9,18-19H,8,10-14H2,1H3. The first-order valence-electron chi connectivity index (χ1n) is 8.92. The van der Waals surface area contributed by atoms with Gasteiger partial charge in [-0.3, -0.25) is 4.79 Å². The Bertz CT molecular complexity index is 755. The monoisotopic (exact) mass is 340 g/mol. The fraction of sp³-hybridized carbons (Fsp3) is 0.450. The van der Waals surface area contributed by atoms with E-state index in [1.54, 1.807) is 0 Å². The molecule has 0 bridgehead atoms. The summed E-state index contributed by atoms with van der Waals surface area (Å²) in [6, 6.07) is 12.3. The molecule has 0 aliphatic carbocycles. The second-order valence-electron chi connectivity index (χ2n) is 6.73. The summed E-state index contributed by atoms with van der Waals surface area (Å²) in [6.45, 7) is 2.45. The number of amides is 1. The molecule has 0 radical (unpaired) electrons. The highest BCUT2D eigenvalue weighted by atomic mass is 16.5. The molecule has 2 aliphatic heterocycles. The lowest BCUT2D eigenvalue weighted by molar-refractivity contribution is -0.143. The zero-order chi connectivity index (χ0) is 17.2. The van der Waals surface area contributed by atoms with Crippen molar-refractivity contribution in [3.63, 3.8) is 0 Å². The quantitative estimate of drug-likeness (QED) is 0.863. The van der Waals surface area contributed by atoms with Gasteiger partial charge in [0.25, 0.3) is 0 Å². The fourth-order valence-electron chi connectivity index (χ4n) is 3.89. The third-order valence-corrected chi connectivity index (χ3v) is 5.23. The third-order valence-electron chi connectivity index (χ3n) is 5.23. The maximum Gasteiger partial charge on any atom is 0.226 e. The molecular formula is C20H24N2O3. The maximum absolute atomic E-state index is 13.1. The lowest BCUT2D eigenvalue weighted by Gasteiger charge is -2.37.